The quantitative estimate of drug-likeness (QED) is 0.568. The van der Waals surface area contributed by atoms with Gasteiger partial charge in [-0.1, -0.05) is 6.07 Å². The zero-order chi connectivity index (χ0) is 15.5. The van der Waals surface area contributed by atoms with Crippen LogP contribution >= 0.6 is 0 Å². The van der Waals surface area contributed by atoms with Crippen LogP contribution in [0.25, 0.3) is 11.0 Å². The Hall–Kier alpha value is -1.63. The Morgan fingerprint density at radius 3 is 2.81 bits per heavy atom. The summed E-state index contributed by atoms with van der Waals surface area (Å²) in [6.45, 7) is 5.61. The molecule has 6 heteroatoms. The van der Waals surface area contributed by atoms with Gasteiger partial charge in [-0.05, 0) is 44.5 Å². The van der Waals surface area contributed by atoms with Gasteiger partial charge in [-0.15, -0.1) is 0 Å². The SMILES string of the molecule is CC(C)(O)Cn1c(N)nc2cc(CNCCCO)ccc21. The van der Waals surface area contributed by atoms with E-state index in [2.05, 4.69) is 10.3 Å². The van der Waals surface area contributed by atoms with Gasteiger partial charge in [0.2, 0.25) is 5.95 Å². The van der Waals surface area contributed by atoms with E-state index in [4.69, 9.17) is 10.8 Å². The number of nitrogens with zero attached hydrogens (tertiary/aromatic N) is 2. The number of aliphatic hydroxyl groups is 2. The Labute approximate surface area is 124 Å². The number of rotatable bonds is 7. The maximum Gasteiger partial charge on any atom is 0.201 e. The number of nitrogen functional groups attached to an aromatic ring is 1. The molecule has 1 heterocycles. The monoisotopic (exact) mass is 292 g/mol. The number of imidazole rings is 1. The summed E-state index contributed by atoms with van der Waals surface area (Å²) >= 11 is 0. The molecule has 0 atom stereocenters. The number of benzene rings is 1. The molecule has 0 saturated heterocycles. The molecule has 2 aromatic rings. The average molecular weight is 292 g/mol. The van der Waals surface area contributed by atoms with Gasteiger partial charge in [0.25, 0.3) is 0 Å². The molecule has 0 amide bonds. The third-order valence-corrected chi connectivity index (χ3v) is 3.23. The molecule has 0 aliphatic carbocycles. The topological polar surface area (TPSA) is 96.3 Å². The summed E-state index contributed by atoms with van der Waals surface area (Å²) in [5.74, 6) is 0.414. The third-order valence-electron chi connectivity index (χ3n) is 3.23. The minimum absolute atomic E-state index is 0.198. The molecule has 21 heavy (non-hydrogen) atoms. The van der Waals surface area contributed by atoms with E-state index in [1.165, 1.54) is 0 Å². The smallest absolute Gasteiger partial charge is 0.201 e. The van der Waals surface area contributed by atoms with E-state index in [1.54, 1.807) is 13.8 Å². The van der Waals surface area contributed by atoms with Crippen LogP contribution < -0.4 is 11.1 Å². The lowest BCUT2D eigenvalue weighted by Crippen LogP contribution is -2.26. The lowest BCUT2D eigenvalue weighted by Gasteiger charge is -2.19. The van der Waals surface area contributed by atoms with Crippen molar-refractivity contribution in [2.45, 2.75) is 39.0 Å². The molecule has 0 bridgehead atoms. The molecule has 0 saturated carbocycles. The van der Waals surface area contributed by atoms with Crippen LogP contribution in [0.1, 0.15) is 25.8 Å². The molecule has 0 unspecified atom stereocenters. The largest absolute Gasteiger partial charge is 0.396 e. The molecular weight excluding hydrogens is 268 g/mol. The minimum Gasteiger partial charge on any atom is -0.396 e. The highest BCUT2D eigenvalue weighted by atomic mass is 16.3. The van der Waals surface area contributed by atoms with Crippen LogP contribution in [0.5, 0.6) is 0 Å². The second kappa shape index (κ2) is 6.43. The van der Waals surface area contributed by atoms with Crippen molar-refractivity contribution in [1.82, 2.24) is 14.9 Å². The van der Waals surface area contributed by atoms with E-state index in [1.807, 2.05) is 22.8 Å². The first-order valence-corrected chi connectivity index (χ1v) is 7.19. The summed E-state index contributed by atoms with van der Waals surface area (Å²) in [5.41, 5.74) is 7.98. The highest BCUT2D eigenvalue weighted by molar-refractivity contribution is 5.79. The van der Waals surface area contributed by atoms with Crippen molar-refractivity contribution in [2.24, 2.45) is 0 Å². The number of aromatic nitrogens is 2. The lowest BCUT2D eigenvalue weighted by atomic mass is 10.1. The number of hydrogen-bond donors (Lipinski definition) is 4. The van der Waals surface area contributed by atoms with Crippen LogP contribution in [0.2, 0.25) is 0 Å². The fourth-order valence-corrected chi connectivity index (χ4v) is 2.29. The maximum absolute atomic E-state index is 9.96. The Kier molecular flexibility index (Phi) is 4.82. The van der Waals surface area contributed by atoms with Crippen molar-refractivity contribution in [3.63, 3.8) is 0 Å². The Morgan fingerprint density at radius 2 is 2.14 bits per heavy atom. The van der Waals surface area contributed by atoms with Crippen LogP contribution in [0, 0.1) is 0 Å². The zero-order valence-corrected chi connectivity index (χ0v) is 12.6. The molecule has 0 aliphatic rings. The zero-order valence-electron chi connectivity index (χ0n) is 12.6. The Balaban J connectivity index is 2.17. The van der Waals surface area contributed by atoms with Crippen molar-refractivity contribution in [3.8, 4) is 0 Å². The summed E-state index contributed by atoms with van der Waals surface area (Å²) in [7, 11) is 0. The molecule has 1 aromatic heterocycles. The molecule has 0 fully saturated rings. The number of aliphatic hydroxyl groups excluding tert-OH is 1. The first-order valence-electron chi connectivity index (χ1n) is 7.19. The van der Waals surface area contributed by atoms with Crippen LogP contribution in [0.3, 0.4) is 0 Å². The number of anilines is 1. The predicted molar refractivity (Wildman–Crippen MR) is 83.9 cm³/mol. The average Bonchev–Trinajstić information content (AvgIpc) is 2.69. The second-order valence-corrected chi connectivity index (χ2v) is 5.95. The van der Waals surface area contributed by atoms with E-state index in [0.29, 0.717) is 12.5 Å². The van der Waals surface area contributed by atoms with Gasteiger partial charge in [0.1, 0.15) is 0 Å². The molecular formula is C15H24N4O2. The summed E-state index contributed by atoms with van der Waals surface area (Å²) < 4.78 is 1.83. The van der Waals surface area contributed by atoms with Gasteiger partial charge in [0, 0.05) is 13.2 Å². The molecule has 6 nitrogen and oxygen atoms in total. The Morgan fingerprint density at radius 1 is 1.38 bits per heavy atom. The van der Waals surface area contributed by atoms with Gasteiger partial charge in [-0.25, -0.2) is 4.98 Å². The molecule has 0 spiro atoms. The highest BCUT2D eigenvalue weighted by Gasteiger charge is 2.17. The van der Waals surface area contributed by atoms with Gasteiger partial charge in [0.15, 0.2) is 0 Å². The summed E-state index contributed by atoms with van der Waals surface area (Å²) in [5, 5.41) is 22.0. The van der Waals surface area contributed by atoms with E-state index in [-0.39, 0.29) is 6.61 Å². The third kappa shape index (κ3) is 4.17. The normalized spacial score (nSPS) is 12.2. The first-order chi connectivity index (χ1) is 9.90. The standard InChI is InChI=1S/C15H24N4O2/c1-15(2,21)10-19-13-5-4-11(9-17-6-3-7-20)8-12(13)18-14(19)16/h4-5,8,17,20-21H,3,6-7,9-10H2,1-2H3,(H2,16,18). The van der Waals surface area contributed by atoms with Gasteiger partial charge in [-0.2, -0.15) is 0 Å². The maximum atomic E-state index is 9.96. The number of nitrogens with two attached hydrogens (primary N) is 1. The van der Waals surface area contributed by atoms with Crippen molar-refractivity contribution >= 4 is 17.0 Å². The predicted octanol–water partition coefficient (Wildman–Crippen LogP) is 0.861. The molecule has 0 aliphatic heterocycles. The van der Waals surface area contributed by atoms with Gasteiger partial charge in [0.05, 0.1) is 23.2 Å². The van der Waals surface area contributed by atoms with E-state index >= 15 is 0 Å². The summed E-state index contributed by atoms with van der Waals surface area (Å²) in [6, 6.07) is 6.00. The van der Waals surface area contributed by atoms with Crippen LogP contribution in [0.15, 0.2) is 18.2 Å². The van der Waals surface area contributed by atoms with Gasteiger partial charge in [-0.3, -0.25) is 0 Å². The van der Waals surface area contributed by atoms with Crippen LogP contribution in [-0.2, 0) is 13.1 Å². The van der Waals surface area contributed by atoms with E-state index < -0.39 is 5.60 Å². The number of fused-ring (bicyclic) bond motifs is 1. The van der Waals surface area contributed by atoms with Crippen LogP contribution in [-0.4, -0.2) is 38.5 Å². The second-order valence-electron chi connectivity index (χ2n) is 5.95. The summed E-state index contributed by atoms with van der Waals surface area (Å²) in [4.78, 5) is 4.36. The summed E-state index contributed by atoms with van der Waals surface area (Å²) in [6.07, 6.45) is 0.745. The minimum atomic E-state index is -0.841. The van der Waals surface area contributed by atoms with Crippen molar-refractivity contribution < 1.29 is 10.2 Å². The van der Waals surface area contributed by atoms with E-state index in [9.17, 15) is 5.11 Å². The van der Waals surface area contributed by atoms with Gasteiger partial charge >= 0.3 is 0 Å². The first kappa shape index (κ1) is 15.8. The van der Waals surface area contributed by atoms with Crippen molar-refractivity contribution in [3.05, 3.63) is 23.8 Å². The number of nitrogens with one attached hydrogen (secondary N) is 1. The van der Waals surface area contributed by atoms with Crippen molar-refractivity contribution in [1.29, 1.82) is 0 Å². The molecule has 0 radical (unpaired) electrons. The molecule has 116 valence electrons. The molecule has 1 aromatic carbocycles. The van der Waals surface area contributed by atoms with Crippen molar-refractivity contribution in [2.75, 3.05) is 18.9 Å². The lowest BCUT2D eigenvalue weighted by molar-refractivity contribution is 0.0633. The van der Waals surface area contributed by atoms with Gasteiger partial charge < -0.3 is 25.8 Å². The molecule has 2 rings (SSSR count). The number of hydrogen-bond acceptors (Lipinski definition) is 5. The highest BCUT2D eigenvalue weighted by Crippen LogP contribution is 2.21. The fraction of sp³-hybridized carbons (Fsp3) is 0.533. The Bertz CT molecular complexity index is 601. The molecule has 5 N–H and O–H groups in total. The van der Waals surface area contributed by atoms with E-state index in [0.717, 1.165) is 36.1 Å². The fourth-order valence-electron chi connectivity index (χ4n) is 2.29. The van der Waals surface area contributed by atoms with Crippen LogP contribution in [0.4, 0.5) is 5.95 Å².